The normalized spacial score (nSPS) is 14.8. The van der Waals surface area contributed by atoms with Crippen molar-refractivity contribution in [1.82, 2.24) is 4.90 Å². The van der Waals surface area contributed by atoms with Gasteiger partial charge in [0.2, 0.25) is 0 Å². The number of rotatable bonds is 1. The summed E-state index contributed by atoms with van der Waals surface area (Å²) in [4.78, 5) is 13.5. The number of carbonyl (C=O) groups is 1. The van der Waals surface area contributed by atoms with E-state index in [2.05, 4.69) is 0 Å². The average Bonchev–Trinajstić information content (AvgIpc) is 2.82. The van der Waals surface area contributed by atoms with Gasteiger partial charge < -0.3 is 9.32 Å². The minimum atomic E-state index is 0.117. The van der Waals surface area contributed by atoms with Crippen molar-refractivity contribution >= 4 is 5.91 Å². The molecule has 0 bridgehead atoms. The van der Waals surface area contributed by atoms with E-state index >= 15 is 0 Å². The minimum absolute atomic E-state index is 0.117. The minimum Gasteiger partial charge on any atom is -0.466 e. The van der Waals surface area contributed by atoms with Gasteiger partial charge in [0.25, 0.3) is 5.91 Å². The van der Waals surface area contributed by atoms with Crippen LogP contribution in [0.4, 0.5) is 0 Å². The van der Waals surface area contributed by atoms with Gasteiger partial charge in [0, 0.05) is 18.7 Å². The number of hydrogen-bond donors (Lipinski definition) is 0. The molecule has 0 N–H and O–H groups in total. The van der Waals surface area contributed by atoms with Gasteiger partial charge in [-0.2, -0.15) is 0 Å². The Bertz CT molecular complexity index is 361. The summed E-state index contributed by atoms with van der Waals surface area (Å²) in [5.41, 5.74) is 1.74. The lowest BCUT2D eigenvalue weighted by Gasteiger charge is -2.00. The third-order valence-corrected chi connectivity index (χ3v) is 2.51. The lowest BCUT2D eigenvalue weighted by molar-refractivity contribution is 0.0883. The molecule has 0 aromatic carbocycles. The molecule has 1 saturated heterocycles. The van der Waals surface area contributed by atoms with Crippen molar-refractivity contribution in [2.75, 3.05) is 13.1 Å². The molecule has 1 aromatic rings. The first kappa shape index (κ1) is 8.35. The van der Waals surface area contributed by atoms with Crippen LogP contribution in [0, 0.1) is 20.8 Å². The molecule has 0 atom stereocenters. The molecule has 2 rings (SSSR count). The van der Waals surface area contributed by atoms with Gasteiger partial charge in [0.1, 0.15) is 11.5 Å². The average molecular weight is 179 g/mol. The van der Waals surface area contributed by atoms with Crippen molar-refractivity contribution in [2.24, 2.45) is 0 Å². The second-order valence-electron chi connectivity index (χ2n) is 3.51. The van der Waals surface area contributed by atoms with E-state index in [4.69, 9.17) is 4.42 Å². The van der Waals surface area contributed by atoms with Crippen LogP contribution in [0.25, 0.3) is 0 Å². The number of aryl methyl sites for hydroxylation is 2. The highest BCUT2D eigenvalue weighted by molar-refractivity contribution is 5.98. The summed E-state index contributed by atoms with van der Waals surface area (Å²) in [6.45, 7) is 7.45. The predicted molar refractivity (Wildman–Crippen MR) is 48.8 cm³/mol. The fraction of sp³-hybridized carbons (Fsp3) is 0.500. The van der Waals surface area contributed by atoms with Gasteiger partial charge in [0.15, 0.2) is 0 Å². The molecule has 2 heterocycles. The quantitative estimate of drug-likeness (QED) is 0.614. The van der Waals surface area contributed by atoms with Gasteiger partial charge in [-0.1, -0.05) is 0 Å². The first-order valence-corrected chi connectivity index (χ1v) is 4.47. The molecule has 1 fully saturated rings. The van der Waals surface area contributed by atoms with E-state index < -0.39 is 0 Å². The van der Waals surface area contributed by atoms with E-state index in [9.17, 15) is 4.79 Å². The smallest absolute Gasteiger partial charge is 0.257 e. The van der Waals surface area contributed by atoms with E-state index in [1.54, 1.807) is 0 Å². The molecular weight excluding hydrogens is 166 g/mol. The Hall–Kier alpha value is -1.25. The van der Waals surface area contributed by atoms with Gasteiger partial charge in [-0.3, -0.25) is 4.79 Å². The highest BCUT2D eigenvalue weighted by atomic mass is 16.3. The molecule has 1 aliphatic rings. The van der Waals surface area contributed by atoms with Crippen molar-refractivity contribution in [3.05, 3.63) is 22.6 Å². The van der Waals surface area contributed by atoms with Crippen molar-refractivity contribution in [3.8, 4) is 0 Å². The van der Waals surface area contributed by atoms with Crippen molar-refractivity contribution in [2.45, 2.75) is 20.8 Å². The summed E-state index contributed by atoms with van der Waals surface area (Å²) in [5.74, 6) is 1.71. The zero-order valence-electron chi connectivity index (χ0n) is 8.18. The van der Waals surface area contributed by atoms with Crippen LogP contribution in [-0.2, 0) is 0 Å². The maximum absolute atomic E-state index is 11.7. The number of furan rings is 1. The van der Waals surface area contributed by atoms with Crippen LogP contribution >= 0.6 is 0 Å². The number of nitrogens with zero attached hydrogens (tertiary/aromatic N) is 1. The topological polar surface area (TPSA) is 33.2 Å². The second-order valence-corrected chi connectivity index (χ2v) is 3.51. The fourth-order valence-corrected chi connectivity index (χ4v) is 1.52. The largest absolute Gasteiger partial charge is 0.466 e. The Labute approximate surface area is 77.3 Å². The maximum atomic E-state index is 11.7. The van der Waals surface area contributed by atoms with E-state index in [0.29, 0.717) is 0 Å². The predicted octanol–water partition coefficient (Wildman–Crippen LogP) is 1.66. The molecule has 70 valence electrons. The maximum Gasteiger partial charge on any atom is 0.257 e. The summed E-state index contributed by atoms with van der Waals surface area (Å²) in [7, 11) is 0. The molecule has 1 amide bonds. The molecule has 0 spiro atoms. The Morgan fingerprint density at radius 1 is 1.23 bits per heavy atom. The van der Waals surface area contributed by atoms with E-state index in [-0.39, 0.29) is 5.91 Å². The highest BCUT2D eigenvalue weighted by Gasteiger charge is 2.29. The molecule has 13 heavy (non-hydrogen) atoms. The Kier molecular flexibility index (Phi) is 1.68. The van der Waals surface area contributed by atoms with E-state index in [1.165, 1.54) is 0 Å². The summed E-state index contributed by atoms with van der Waals surface area (Å²) < 4.78 is 5.40. The Balaban J connectivity index is 2.42. The highest BCUT2D eigenvalue weighted by Crippen LogP contribution is 2.24. The van der Waals surface area contributed by atoms with Crippen molar-refractivity contribution in [1.29, 1.82) is 0 Å². The molecule has 0 saturated carbocycles. The third kappa shape index (κ3) is 1.24. The van der Waals surface area contributed by atoms with Gasteiger partial charge in [-0.05, 0) is 20.8 Å². The van der Waals surface area contributed by atoms with Crippen molar-refractivity contribution in [3.63, 3.8) is 0 Å². The zero-order valence-corrected chi connectivity index (χ0v) is 8.18. The molecule has 0 radical (unpaired) electrons. The molecule has 3 nitrogen and oxygen atoms in total. The Morgan fingerprint density at radius 3 is 2.23 bits per heavy atom. The van der Waals surface area contributed by atoms with Crippen LogP contribution in [0.2, 0.25) is 0 Å². The van der Waals surface area contributed by atoms with Crippen LogP contribution < -0.4 is 0 Å². The van der Waals surface area contributed by atoms with Gasteiger partial charge in [0.05, 0.1) is 5.56 Å². The summed E-state index contributed by atoms with van der Waals surface area (Å²) >= 11 is 0. The summed E-state index contributed by atoms with van der Waals surface area (Å²) in [5, 5.41) is 0. The number of carbonyl (C=O) groups excluding carboxylic acids is 1. The summed E-state index contributed by atoms with van der Waals surface area (Å²) in [6.07, 6.45) is 0. The van der Waals surface area contributed by atoms with Crippen LogP contribution in [0.15, 0.2) is 4.42 Å². The molecule has 1 aliphatic heterocycles. The van der Waals surface area contributed by atoms with E-state index in [1.807, 2.05) is 25.7 Å². The number of amides is 1. The van der Waals surface area contributed by atoms with Crippen LogP contribution in [0.1, 0.15) is 27.4 Å². The van der Waals surface area contributed by atoms with Crippen LogP contribution in [0.3, 0.4) is 0 Å². The first-order valence-electron chi connectivity index (χ1n) is 4.47. The van der Waals surface area contributed by atoms with E-state index in [0.717, 1.165) is 35.7 Å². The van der Waals surface area contributed by atoms with Gasteiger partial charge in [-0.15, -0.1) is 0 Å². The van der Waals surface area contributed by atoms with Crippen LogP contribution in [0.5, 0.6) is 0 Å². The van der Waals surface area contributed by atoms with Crippen molar-refractivity contribution < 1.29 is 9.21 Å². The van der Waals surface area contributed by atoms with Gasteiger partial charge in [-0.25, -0.2) is 0 Å². The molecule has 3 heteroatoms. The molecule has 1 aromatic heterocycles. The van der Waals surface area contributed by atoms with Gasteiger partial charge >= 0.3 is 0 Å². The molecule has 0 aliphatic carbocycles. The SMILES string of the molecule is Cc1oc(C)c(C(=O)N2CC2)c1C. The first-order chi connectivity index (χ1) is 6.11. The lowest BCUT2D eigenvalue weighted by atomic mass is 10.1. The number of hydrogen-bond acceptors (Lipinski definition) is 2. The molecule has 0 unspecified atom stereocenters. The molecular formula is C10H13NO2. The lowest BCUT2D eigenvalue weighted by Crippen LogP contribution is -2.12. The monoisotopic (exact) mass is 179 g/mol. The second kappa shape index (κ2) is 2.62. The Morgan fingerprint density at radius 2 is 1.85 bits per heavy atom. The standard InChI is InChI=1S/C10H13NO2/c1-6-7(2)13-8(3)9(6)10(12)11-4-5-11/h4-5H2,1-3H3. The van der Waals surface area contributed by atoms with Crippen LogP contribution in [-0.4, -0.2) is 23.9 Å². The zero-order chi connectivity index (χ0) is 9.59. The fourth-order valence-electron chi connectivity index (χ4n) is 1.52. The third-order valence-electron chi connectivity index (χ3n) is 2.51. The summed E-state index contributed by atoms with van der Waals surface area (Å²) in [6, 6.07) is 0.